The van der Waals surface area contributed by atoms with Crippen LogP contribution >= 0.6 is 11.3 Å². The Balaban J connectivity index is 2.06. The average Bonchev–Trinajstić information content (AvgIpc) is 2.97. The van der Waals surface area contributed by atoms with Gasteiger partial charge in [-0.05, 0) is 49.6 Å². The van der Waals surface area contributed by atoms with Gasteiger partial charge >= 0.3 is 0 Å². The molecular formula is C13H19N3O2S2. The van der Waals surface area contributed by atoms with Crippen molar-refractivity contribution in [3.8, 4) is 0 Å². The summed E-state index contributed by atoms with van der Waals surface area (Å²) < 4.78 is 28.8. The lowest BCUT2D eigenvalue weighted by Gasteiger charge is -2.12. The Labute approximate surface area is 123 Å². The molecule has 2 aromatic heterocycles. The highest BCUT2D eigenvalue weighted by atomic mass is 32.2. The van der Waals surface area contributed by atoms with E-state index in [4.69, 9.17) is 0 Å². The van der Waals surface area contributed by atoms with E-state index in [0.717, 1.165) is 5.56 Å². The number of aromatic nitrogens is 2. The summed E-state index contributed by atoms with van der Waals surface area (Å²) in [4.78, 5) is 0.211. The lowest BCUT2D eigenvalue weighted by molar-refractivity contribution is 0.530. The highest BCUT2D eigenvalue weighted by molar-refractivity contribution is 7.89. The van der Waals surface area contributed by atoms with Gasteiger partial charge in [-0.2, -0.15) is 16.4 Å². The molecule has 2 aromatic rings. The van der Waals surface area contributed by atoms with Crippen LogP contribution < -0.4 is 4.72 Å². The van der Waals surface area contributed by atoms with Crippen molar-refractivity contribution in [3.05, 3.63) is 34.8 Å². The Morgan fingerprint density at radius 1 is 1.40 bits per heavy atom. The first-order valence-corrected chi connectivity index (χ1v) is 8.88. The molecule has 1 N–H and O–H groups in total. The van der Waals surface area contributed by atoms with Gasteiger partial charge in [-0.15, -0.1) is 0 Å². The first kappa shape index (κ1) is 15.2. The van der Waals surface area contributed by atoms with Crippen molar-refractivity contribution in [3.63, 3.8) is 0 Å². The van der Waals surface area contributed by atoms with Crippen LogP contribution in [0.25, 0.3) is 0 Å². The first-order valence-electron chi connectivity index (χ1n) is 6.46. The maximum Gasteiger partial charge on any atom is 0.243 e. The van der Waals surface area contributed by atoms with Crippen LogP contribution in [0, 0.1) is 0 Å². The van der Waals surface area contributed by atoms with Crippen LogP contribution in [0.1, 0.15) is 32.4 Å². The third-order valence-electron chi connectivity index (χ3n) is 2.90. The fraction of sp³-hybridized carbons (Fsp3) is 0.462. The molecular weight excluding hydrogens is 294 g/mol. The molecule has 1 atom stereocenters. The minimum absolute atomic E-state index is 0.141. The van der Waals surface area contributed by atoms with Gasteiger partial charge in [0.2, 0.25) is 10.0 Å². The molecule has 0 amide bonds. The zero-order valence-corrected chi connectivity index (χ0v) is 13.4. The van der Waals surface area contributed by atoms with Crippen molar-refractivity contribution in [2.75, 3.05) is 0 Å². The second-order valence-corrected chi connectivity index (χ2v) is 7.60. The number of hydrogen-bond acceptors (Lipinski definition) is 4. The summed E-state index contributed by atoms with van der Waals surface area (Å²) in [5, 5.41) is 8.08. The molecule has 2 rings (SSSR count). The molecule has 110 valence electrons. The summed E-state index contributed by atoms with van der Waals surface area (Å²) in [6.07, 6.45) is 3.63. The number of thiophene rings is 1. The number of nitrogens with zero attached hydrogens (tertiary/aromatic N) is 2. The first-order chi connectivity index (χ1) is 9.38. The van der Waals surface area contributed by atoms with E-state index in [1.165, 1.54) is 6.20 Å². The van der Waals surface area contributed by atoms with E-state index in [-0.39, 0.29) is 17.0 Å². The zero-order valence-electron chi connectivity index (χ0n) is 11.8. The SMILES string of the molecule is CC(C)n1cc(S(=O)(=O)N[C@@H](C)Cc2ccsc2)cn1. The van der Waals surface area contributed by atoms with Crippen LogP contribution in [-0.2, 0) is 16.4 Å². The highest BCUT2D eigenvalue weighted by Gasteiger charge is 2.20. The van der Waals surface area contributed by atoms with Crippen molar-refractivity contribution in [1.82, 2.24) is 14.5 Å². The van der Waals surface area contributed by atoms with E-state index in [0.29, 0.717) is 6.42 Å². The smallest absolute Gasteiger partial charge is 0.243 e. The lowest BCUT2D eigenvalue weighted by atomic mass is 10.1. The third kappa shape index (κ3) is 3.68. The van der Waals surface area contributed by atoms with E-state index in [1.54, 1.807) is 22.2 Å². The Morgan fingerprint density at radius 3 is 2.70 bits per heavy atom. The second kappa shape index (κ2) is 6.07. The van der Waals surface area contributed by atoms with Crippen LogP contribution in [-0.4, -0.2) is 24.2 Å². The molecule has 0 bridgehead atoms. The van der Waals surface area contributed by atoms with Crippen molar-refractivity contribution >= 4 is 21.4 Å². The predicted octanol–water partition coefficient (Wildman–Crippen LogP) is 2.44. The fourth-order valence-electron chi connectivity index (χ4n) is 1.88. The molecule has 0 saturated carbocycles. The van der Waals surface area contributed by atoms with E-state index in [9.17, 15) is 8.42 Å². The molecule has 0 spiro atoms. The molecule has 7 heteroatoms. The molecule has 0 radical (unpaired) electrons. The Morgan fingerprint density at radius 2 is 2.15 bits per heavy atom. The van der Waals surface area contributed by atoms with Crippen LogP contribution in [0.15, 0.2) is 34.1 Å². The molecule has 0 aliphatic rings. The molecule has 0 aliphatic heterocycles. The maximum absolute atomic E-state index is 12.2. The van der Waals surface area contributed by atoms with Gasteiger partial charge in [-0.1, -0.05) is 0 Å². The minimum Gasteiger partial charge on any atom is -0.269 e. The molecule has 20 heavy (non-hydrogen) atoms. The zero-order chi connectivity index (χ0) is 14.8. The van der Waals surface area contributed by atoms with E-state index >= 15 is 0 Å². The van der Waals surface area contributed by atoms with Gasteiger partial charge in [0.05, 0.1) is 6.20 Å². The van der Waals surface area contributed by atoms with Gasteiger partial charge in [0.15, 0.2) is 0 Å². The van der Waals surface area contributed by atoms with Crippen molar-refractivity contribution in [1.29, 1.82) is 0 Å². The lowest BCUT2D eigenvalue weighted by Crippen LogP contribution is -2.33. The van der Waals surface area contributed by atoms with E-state index < -0.39 is 10.0 Å². The molecule has 5 nitrogen and oxygen atoms in total. The Kier molecular flexibility index (Phi) is 4.62. The van der Waals surface area contributed by atoms with Gasteiger partial charge in [0, 0.05) is 18.3 Å². The van der Waals surface area contributed by atoms with Gasteiger partial charge in [0.25, 0.3) is 0 Å². The van der Waals surface area contributed by atoms with E-state index in [1.807, 2.05) is 37.6 Å². The molecule has 0 aromatic carbocycles. The maximum atomic E-state index is 12.2. The third-order valence-corrected chi connectivity index (χ3v) is 5.17. The second-order valence-electron chi connectivity index (χ2n) is 5.11. The van der Waals surface area contributed by atoms with Gasteiger partial charge in [-0.25, -0.2) is 13.1 Å². The molecule has 2 heterocycles. The number of nitrogens with one attached hydrogen (secondary N) is 1. The summed E-state index contributed by atoms with van der Waals surface area (Å²) in [5.74, 6) is 0. The fourth-order valence-corrected chi connectivity index (χ4v) is 3.74. The monoisotopic (exact) mass is 313 g/mol. The van der Waals surface area contributed by atoms with Crippen molar-refractivity contribution in [2.45, 2.75) is 44.2 Å². The van der Waals surface area contributed by atoms with Gasteiger partial charge < -0.3 is 0 Å². The number of rotatable bonds is 6. The number of sulfonamides is 1. The molecule has 0 unspecified atom stereocenters. The minimum atomic E-state index is -3.51. The van der Waals surface area contributed by atoms with Crippen molar-refractivity contribution < 1.29 is 8.42 Å². The van der Waals surface area contributed by atoms with Crippen LogP contribution in [0.4, 0.5) is 0 Å². The highest BCUT2D eigenvalue weighted by Crippen LogP contribution is 2.13. The van der Waals surface area contributed by atoms with Crippen LogP contribution in [0.5, 0.6) is 0 Å². The van der Waals surface area contributed by atoms with Gasteiger partial charge in [-0.3, -0.25) is 4.68 Å². The molecule has 0 fully saturated rings. The summed E-state index contributed by atoms with van der Waals surface area (Å²) in [6.45, 7) is 5.77. The quantitative estimate of drug-likeness (QED) is 0.891. The normalized spacial score (nSPS) is 13.8. The topological polar surface area (TPSA) is 64.0 Å². The van der Waals surface area contributed by atoms with E-state index in [2.05, 4.69) is 9.82 Å². The molecule has 0 aliphatic carbocycles. The summed E-state index contributed by atoms with van der Waals surface area (Å²) in [7, 11) is -3.51. The average molecular weight is 313 g/mol. The standard InChI is InChI=1S/C13H19N3O2S2/c1-10(2)16-8-13(7-14-16)20(17,18)15-11(3)6-12-4-5-19-9-12/h4-5,7-11,15H,6H2,1-3H3/t11-/m0/s1. The Hall–Kier alpha value is -1.18. The Bertz CT molecular complexity index is 645. The molecule has 0 saturated heterocycles. The summed E-state index contributed by atoms with van der Waals surface area (Å²) >= 11 is 1.61. The van der Waals surface area contributed by atoms with Gasteiger partial charge in [0.1, 0.15) is 4.90 Å². The van der Waals surface area contributed by atoms with Crippen LogP contribution in [0.2, 0.25) is 0 Å². The van der Waals surface area contributed by atoms with Crippen molar-refractivity contribution in [2.24, 2.45) is 0 Å². The predicted molar refractivity (Wildman–Crippen MR) is 80.4 cm³/mol. The summed E-state index contributed by atoms with van der Waals surface area (Å²) in [6, 6.07) is 1.99. The van der Waals surface area contributed by atoms with Crippen LogP contribution in [0.3, 0.4) is 0 Å². The largest absolute Gasteiger partial charge is 0.269 e. The summed E-state index contributed by atoms with van der Waals surface area (Å²) in [5.41, 5.74) is 1.14. The number of hydrogen-bond donors (Lipinski definition) is 1.